The van der Waals surface area contributed by atoms with Crippen molar-refractivity contribution < 1.29 is 19.4 Å². The first-order valence-corrected chi connectivity index (χ1v) is 8.42. The van der Waals surface area contributed by atoms with Crippen LogP contribution in [0.5, 0.6) is 0 Å². The molecule has 1 N–H and O–H groups in total. The molecule has 24 heavy (non-hydrogen) atoms. The van der Waals surface area contributed by atoms with E-state index in [-0.39, 0.29) is 10.4 Å². The Morgan fingerprint density at radius 3 is 2.50 bits per heavy atom. The number of carbonyl (C=O) groups is 2. The van der Waals surface area contributed by atoms with Crippen LogP contribution < -0.4 is 0 Å². The van der Waals surface area contributed by atoms with Gasteiger partial charge in [0.25, 0.3) is 0 Å². The number of carbonyl (C=O) groups excluding carboxylic acids is 1. The van der Waals surface area contributed by atoms with E-state index in [9.17, 15) is 14.7 Å². The number of hydrogen-bond acceptors (Lipinski definition) is 6. The van der Waals surface area contributed by atoms with Crippen LogP contribution in [0.1, 0.15) is 46.4 Å². The van der Waals surface area contributed by atoms with Crippen molar-refractivity contribution in [3.63, 3.8) is 0 Å². The second kappa shape index (κ2) is 6.86. The first kappa shape index (κ1) is 18.4. The summed E-state index contributed by atoms with van der Waals surface area (Å²) in [4.78, 5) is 30.5. The van der Waals surface area contributed by atoms with Gasteiger partial charge < -0.3 is 14.7 Å². The Bertz CT molecular complexity index is 775. The Kier molecular flexibility index (Phi) is 5.25. The number of nitrogens with zero attached hydrogens (tertiary/aromatic N) is 2. The van der Waals surface area contributed by atoms with E-state index in [0.29, 0.717) is 16.5 Å². The maximum Gasteiger partial charge on any atom is 0.346 e. The summed E-state index contributed by atoms with van der Waals surface area (Å²) in [5, 5.41) is 10.1. The standard InChI is InChI=1S/C17H22N2O4S/c1-17(2,3)23-16(22)13-12-10(6-7-19(4)5)8-18-9-11(12)24-14(13)15(20)21/h8-9H,6-7H2,1-5H3,(H,20,21). The lowest BCUT2D eigenvalue weighted by atomic mass is 10.0. The molecular weight excluding hydrogens is 328 g/mol. The number of thiophene rings is 1. The number of carboxylic acid groups (broad SMARTS) is 1. The van der Waals surface area contributed by atoms with Crippen molar-refractivity contribution in [3.05, 3.63) is 28.4 Å². The van der Waals surface area contributed by atoms with Gasteiger partial charge in [-0.25, -0.2) is 9.59 Å². The molecule has 0 spiro atoms. The number of likely N-dealkylation sites (N-methyl/N-ethyl adjacent to an activating group) is 1. The maximum atomic E-state index is 12.6. The van der Waals surface area contributed by atoms with E-state index in [1.54, 1.807) is 33.2 Å². The van der Waals surface area contributed by atoms with Gasteiger partial charge in [0.2, 0.25) is 0 Å². The molecule has 0 amide bonds. The zero-order chi connectivity index (χ0) is 18.1. The highest BCUT2D eigenvalue weighted by atomic mass is 32.1. The van der Waals surface area contributed by atoms with Crippen molar-refractivity contribution in [1.82, 2.24) is 9.88 Å². The van der Waals surface area contributed by atoms with E-state index >= 15 is 0 Å². The average molecular weight is 350 g/mol. The van der Waals surface area contributed by atoms with Gasteiger partial charge in [-0.15, -0.1) is 11.3 Å². The zero-order valence-electron chi connectivity index (χ0n) is 14.5. The second-order valence-electron chi connectivity index (χ2n) is 6.84. The lowest BCUT2D eigenvalue weighted by molar-refractivity contribution is 0.00689. The highest BCUT2D eigenvalue weighted by Gasteiger charge is 2.29. The molecule has 0 atom stereocenters. The van der Waals surface area contributed by atoms with Gasteiger partial charge in [-0.2, -0.15) is 0 Å². The Morgan fingerprint density at radius 1 is 1.29 bits per heavy atom. The molecule has 0 aliphatic carbocycles. The number of aromatic carboxylic acids is 1. The Hall–Kier alpha value is -1.99. The van der Waals surface area contributed by atoms with E-state index in [4.69, 9.17) is 4.74 Å². The van der Waals surface area contributed by atoms with Crippen LogP contribution >= 0.6 is 11.3 Å². The third-order valence-corrected chi connectivity index (χ3v) is 4.42. The van der Waals surface area contributed by atoms with Crippen molar-refractivity contribution in [1.29, 1.82) is 0 Å². The SMILES string of the molecule is CN(C)CCc1cncc2sc(C(=O)O)c(C(=O)OC(C)(C)C)c12. The molecule has 0 fully saturated rings. The smallest absolute Gasteiger partial charge is 0.346 e. The van der Waals surface area contributed by atoms with Gasteiger partial charge in [-0.1, -0.05) is 0 Å². The maximum absolute atomic E-state index is 12.6. The number of ether oxygens (including phenoxy) is 1. The third-order valence-electron chi connectivity index (χ3n) is 3.30. The summed E-state index contributed by atoms with van der Waals surface area (Å²) in [5.74, 6) is -1.74. The van der Waals surface area contributed by atoms with Crippen molar-refractivity contribution in [2.24, 2.45) is 0 Å². The van der Waals surface area contributed by atoms with Crippen LogP contribution in [0.2, 0.25) is 0 Å². The Labute approximate surface area is 145 Å². The summed E-state index contributed by atoms with van der Waals surface area (Å²) in [5.41, 5.74) is 0.289. The van der Waals surface area contributed by atoms with Crippen molar-refractivity contribution in [2.45, 2.75) is 32.8 Å². The van der Waals surface area contributed by atoms with Gasteiger partial charge in [-0.05, 0) is 46.9 Å². The molecule has 2 rings (SSSR count). The van der Waals surface area contributed by atoms with Crippen LogP contribution in [0, 0.1) is 0 Å². The summed E-state index contributed by atoms with van der Waals surface area (Å²) in [6.45, 7) is 6.05. The predicted molar refractivity (Wildman–Crippen MR) is 94.0 cm³/mol. The van der Waals surface area contributed by atoms with Crippen LogP contribution in [-0.2, 0) is 11.2 Å². The summed E-state index contributed by atoms with van der Waals surface area (Å²) < 4.78 is 6.12. The molecule has 0 aliphatic heterocycles. The van der Waals surface area contributed by atoms with Crippen molar-refractivity contribution >= 4 is 33.4 Å². The third kappa shape index (κ3) is 4.10. The molecule has 0 saturated carbocycles. The van der Waals surface area contributed by atoms with Gasteiger partial charge in [0.05, 0.1) is 10.3 Å². The molecule has 6 nitrogen and oxygen atoms in total. The number of carboxylic acids is 1. The molecule has 0 aliphatic rings. The molecule has 0 unspecified atom stereocenters. The fourth-order valence-electron chi connectivity index (χ4n) is 2.33. The van der Waals surface area contributed by atoms with E-state index in [0.717, 1.165) is 23.4 Å². The predicted octanol–water partition coefficient (Wildman–Crippen LogP) is 3.05. The van der Waals surface area contributed by atoms with Gasteiger partial charge in [0.15, 0.2) is 0 Å². The fraction of sp³-hybridized carbons (Fsp3) is 0.471. The van der Waals surface area contributed by atoms with Gasteiger partial charge in [0.1, 0.15) is 10.5 Å². The summed E-state index contributed by atoms with van der Waals surface area (Å²) in [6.07, 6.45) is 3.96. The fourth-order valence-corrected chi connectivity index (χ4v) is 3.37. The summed E-state index contributed by atoms with van der Waals surface area (Å²) in [6, 6.07) is 0. The highest BCUT2D eigenvalue weighted by Crippen LogP contribution is 2.34. The molecule has 2 aromatic rings. The minimum absolute atomic E-state index is 0.00152. The molecule has 0 aromatic carbocycles. The average Bonchev–Trinajstić information content (AvgIpc) is 2.83. The van der Waals surface area contributed by atoms with Gasteiger partial charge in [-0.3, -0.25) is 4.98 Å². The van der Waals surface area contributed by atoms with Gasteiger partial charge >= 0.3 is 11.9 Å². The lowest BCUT2D eigenvalue weighted by Gasteiger charge is -2.20. The number of esters is 1. The van der Waals surface area contributed by atoms with Crippen LogP contribution in [0.3, 0.4) is 0 Å². The normalized spacial score (nSPS) is 11.9. The largest absolute Gasteiger partial charge is 0.477 e. The molecular formula is C17H22N2O4S. The quantitative estimate of drug-likeness (QED) is 0.835. The Balaban J connectivity index is 2.62. The molecule has 7 heteroatoms. The Morgan fingerprint density at radius 2 is 1.96 bits per heavy atom. The first-order valence-electron chi connectivity index (χ1n) is 7.61. The number of fused-ring (bicyclic) bond motifs is 1. The number of hydrogen-bond donors (Lipinski definition) is 1. The molecule has 2 heterocycles. The lowest BCUT2D eigenvalue weighted by Crippen LogP contribution is -2.25. The van der Waals surface area contributed by atoms with Crippen molar-refractivity contribution in [3.8, 4) is 0 Å². The van der Waals surface area contributed by atoms with Crippen LogP contribution in [0.4, 0.5) is 0 Å². The topological polar surface area (TPSA) is 79.7 Å². The molecule has 130 valence electrons. The molecule has 0 radical (unpaired) electrons. The summed E-state index contributed by atoms with van der Waals surface area (Å²) in [7, 11) is 3.91. The second-order valence-corrected chi connectivity index (χ2v) is 7.89. The van der Waals surface area contributed by atoms with Crippen molar-refractivity contribution in [2.75, 3.05) is 20.6 Å². The molecule has 0 saturated heterocycles. The molecule has 0 bridgehead atoms. The first-order chi connectivity index (χ1) is 11.1. The minimum atomic E-state index is -1.13. The van der Waals surface area contributed by atoms with E-state index in [2.05, 4.69) is 4.98 Å². The van der Waals surface area contributed by atoms with Gasteiger partial charge in [0, 0.05) is 24.3 Å². The number of aromatic nitrogens is 1. The number of pyridine rings is 1. The van der Waals surface area contributed by atoms with E-state index in [1.165, 1.54) is 0 Å². The van der Waals surface area contributed by atoms with Crippen LogP contribution in [0.15, 0.2) is 12.4 Å². The van der Waals surface area contributed by atoms with E-state index in [1.807, 2.05) is 19.0 Å². The molecule has 2 aromatic heterocycles. The summed E-state index contributed by atoms with van der Waals surface area (Å²) >= 11 is 1.06. The minimum Gasteiger partial charge on any atom is -0.477 e. The zero-order valence-corrected chi connectivity index (χ0v) is 15.4. The monoisotopic (exact) mass is 350 g/mol. The van der Waals surface area contributed by atoms with Crippen LogP contribution in [0.25, 0.3) is 10.1 Å². The van der Waals surface area contributed by atoms with Crippen LogP contribution in [-0.4, -0.2) is 53.2 Å². The highest BCUT2D eigenvalue weighted by molar-refractivity contribution is 7.21. The van der Waals surface area contributed by atoms with E-state index < -0.39 is 17.5 Å². The number of rotatable bonds is 5.